The summed E-state index contributed by atoms with van der Waals surface area (Å²) in [6.45, 7) is 18.1. The van der Waals surface area contributed by atoms with Crippen molar-refractivity contribution in [3.05, 3.63) is 152 Å². The zero-order valence-electron chi connectivity index (χ0n) is 35.8. The van der Waals surface area contributed by atoms with E-state index in [1.807, 2.05) is 24.3 Å². The number of benzene rings is 4. The first-order chi connectivity index (χ1) is 26.5. The Morgan fingerprint density at radius 1 is 0.707 bits per heavy atom. The van der Waals surface area contributed by atoms with E-state index in [9.17, 15) is 0 Å². The van der Waals surface area contributed by atoms with Crippen LogP contribution in [0.1, 0.15) is 134 Å². The molecule has 0 aromatic heterocycles. The van der Waals surface area contributed by atoms with E-state index >= 15 is 0 Å². The Hall–Kier alpha value is -1.86. The van der Waals surface area contributed by atoms with E-state index in [1.54, 1.807) is 44.1 Å². The Balaban J connectivity index is 0.000000164. The van der Waals surface area contributed by atoms with Gasteiger partial charge in [-0.1, -0.05) is 91.5 Å². The van der Waals surface area contributed by atoms with Gasteiger partial charge in [0.1, 0.15) is 0 Å². The Morgan fingerprint density at radius 2 is 1.22 bits per heavy atom. The Labute approximate surface area is 384 Å². The Bertz CT molecular complexity index is 2020. The predicted octanol–water partition coefficient (Wildman–Crippen LogP) is 15.5. The van der Waals surface area contributed by atoms with E-state index in [2.05, 4.69) is 136 Å². The zero-order valence-corrected chi connectivity index (χ0v) is 41.4. The number of hydrogen-bond donors (Lipinski definition) is 0. The van der Waals surface area contributed by atoms with Crippen molar-refractivity contribution in [2.45, 2.75) is 118 Å². The van der Waals surface area contributed by atoms with Gasteiger partial charge in [0.2, 0.25) is 0 Å². The van der Waals surface area contributed by atoms with Crippen LogP contribution >= 0.6 is 48.0 Å². The minimum atomic E-state index is -0.623. The summed E-state index contributed by atoms with van der Waals surface area (Å²) in [5, 5.41) is 1.57. The van der Waals surface area contributed by atoms with Crippen LogP contribution in [0.2, 0.25) is 10.0 Å². The molecule has 0 N–H and O–H groups in total. The molecule has 0 heterocycles. The van der Waals surface area contributed by atoms with Crippen molar-refractivity contribution in [2.24, 2.45) is 29.1 Å². The maximum atomic E-state index is 5.84. The summed E-state index contributed by atoms with van der Waals surface area (Å²) in [5.41, 5.74) is 15.0. The molecule has 4 aromatic rings. The molecule has 4 aromatic carbocycles. The fourth-order valence-corrected chi connectivity index (χ4v) is 12.7. The topological polar surface area (TPSA) is 0 Å². The van der Waals surface area contributed by atoms with E-state index < -0.39 is 22.3 Å². The van der Waals surface area contributed by atoms with Gasteiger partial charge in [-0.25, -0.2) is 5.57 Å². The number of allylic oxidation sites excluding steroid dienone is 4. The van der Waals surface area contributed by atoms with Crippen LogP contribution < -0.4 is 0 Å². The molecule has 1 unspecified atom stereocenters. The van der Waals surface area contributed by atoms with Crippen molar-refractivity contribution in [3.8, 4) is 11.1 Å². The van der Waals surface area contributed by atoms with Crippen LogP contribution in [0.3, 0.4) is 0 Å². The second kappa shape index (κ2) is 19.5. The van der Waals surface area contributed by atoms with Gasteiger partial charge in [-0.05, 0) is 90.1 Å². The first kappa shape index (κ1) is 47.2. The van der Waals surface area contributed by atoms with E-state index in [4.69, 9.17) is 23.2 Å². The summed E-state index contributed by atoms with van der Waals surface area (Å²) in [6, 6.07) is 31.1. The molecule has 4 saturated carbocycles. The van der Waals surface area contributed by atoms with E-state index in [0.717, 1.165) is 34.2 Å². The second-order valence-electron chi connectivity index (χ2n) is 19.7. The van der Waals surface area contributed by atoms with Gasteiger partial charge < -0.3 is 0 Å². The van der Waals surface area contributed by atoms with Crippen LogP contribution in [0.5, 0.6) is 0 Å². The Kier molecular flexibility index (Phi) is 15.8. The van der Waals surface area contributed by atoms with Crippen LogP contribution in [0.4, 0.5) is 0 Å². The number of fused-ring (bicyclic) bond motifs is 3. The van der Waals surface area contributed by atoms with Gasteiger partial charge in [-0.2, -0.15) is 35.4 Å². The standard InChI is InChI=1S/C21H25.C18H25.2C7H5Cl.2ClH.Zr/c1-20(2,3)16-7-9-18-14(12-16)11-15-13-17(21(4,5)6)8-10-19(15)18;1-12-3-13(2)17(4-12)11-18-8-14-5-15(9-18)7-16(6-14)10-18;2*1-6-2-4-7(8)5-3-6;;;/h7-10,12H,11H2,1-6H3;4,12,14-16H,5-11H2,1-2H3;2*1-5H;2*1H;/q2*-1;;;;;. The van der Waals surface area contributed by atoms with Gasteiger partial charge in [-0.15, -0.1) is 35.9 Å². The van der Waals surface area contributed by atoms with Gasteiger partial charge in [-0.3, -0.25) is 6.08 Å². The summed E-state index contributed by atoms with van der Waals surface area (Å²) < 4.78 is 4.66. The van der Waals surface area contributed by atoms with E-state index in [-0.39, 0.29) is 35.6 Å². The molecule has 6 aliphatic carbocycles. The van der Waals surface area contributed by atoms with Crippen molar-refractivity contribution >= 4 is 55.4 Å². The fraction of sp³-hybridized carbons (Fsp3) is 0.434. The van der Waals surface area contributed by atoms with E-state index in [0.29, 0.717) is 11.3 Å². The van der Waals surface area contributed by atoms with Crippen LogP contribution in [-0.4, -0.2) is 7.42 Å². The number of halogens is 4. The molecular weight excluding hydrogens is 870 g/mol. The van der Waals surface area contributed by atoms with Gasteiger partial charge in [0.25, 0.3) is 0 Å². The van der Waals surface area contributed by atoms with Crippen LogP contribution in [0, 0.1) is 41.2 Å². The molecule has 0 aliphatic heterocycles. The first-order valence-electron chi connectivity index (χ1n) is 21.0. The molecule has 6 aliphatic rings. The molecule has 0 nitrogen and oxygen atoms in total. The van der Waals surface area contributed by atoms with Crippen molar-refractivity contribution < 1.29 is 22.3 Å². The van der Waals surface area contributed by atoms with E-state index in [1.165, 1.54) is 56.5 Å². The predicted molar refractivity (Wildman–Crippen MR) is 254 cm³/mol. The van der Waals surface area contributed by atoms with Gasteiger partial charge in [0, 0.05) is 0 Å². The number of hydrogen-bond acceptors (Lipinski definition) is 0. The average Bonchev–Trinajstić information content (AvgIpc) is 3.65. The average molecular weight is 932 g/mol. The van der Waals surface area contributed by atoms with Gasteiger partial charge in [0.05, 0.1) is 0 Å². The summed E-state index contributed by atoms with van der Waals surface area (Å²) >= 11 is 11.0. The molecule has 0 amide bonds. The normalized spacial score (nSPS) is 23.2. The van der Waals surface area contributed by atoms with Crippen molar-refractivity contribution in [2.75, 3.05) is 0 Å². The molecule has 58 heavy (non-hydrogen) atoms. The molecule has 4 bridgehead atoms. The minimum absolute atomic E-state index is 0. The van der Waals surface area contributed by atoms with Crippen LogP contribution in [0.25, 0.3) is 11.1 Å². The molecule has 0 radical (unpaired) electrons. The third-order valence-electron chi connectivity index (χ3n) is 12.8. The molecule has 4 fully saturated rings. The number of rotatable bonds is 4. The fourth-order valence-electron chi connectivity index (χ4n) is 10.4. The van der Waals surface area contributed by atoms with Crippen molar-refractivity contribution in [1.82, 2.24) is 0 Å². The molecular formula is C53H62Cl4Zr-2. The first-order valence-corrected chi connectivity index (χ1v) is 24.6. The third-order valence-corrected chi connectivity index (χ3v) is 15.8. The second-order valence-corrected chi connectivity index (χ2v) is 22.8. The van der Waals surface area contributed by atoms with Crippen molar-refractivity contribution in [1.29, 1.82) is 0 Å². The molecule has 10 rings (SSSR count). The van der Waals surface area contributed by atoms with Gasteiger partial charge >= 0.3 is 123 Å². The van der Waals surface area contributed by atoms with Crippen molar-refractivity contribution in [3.63, 3.8) is 0 Å². The van der Waals surface area contributed by atoms with Gasteiger partial charge in [0.15, 0.2) is 0 Å². The summed E-state index contributed by atoms with van der Waals surface area (Å²) in [7, 11) is 0. The molecule has 308 valence electrons. The Morgan fingerprint density at radius 3 is 1.69 bits per heavy atom. The SMILES string of the molecule is CC(C)(C)c1[c-]c2c(cc1)-c1ccc(C(C)(C)C)cc1C2.CC1=[C-]C(C)C=C1CC12CC3CC(CC(C3)C1)C2.Cl.Cl.Clc1ccc([CH]=[Zr]=[CH]c2ccc(Cl)cc2)cc1. The monoisotopic (exact) mass is 928 g/mol. The molecule has 5 heteroatoms. The quantitative estimate of drug-likeness (QED) is 0.158. The molecule has 0 spiro atoms. The summed E-state index contributed by atoms with van der Waals surface area (Å²) in [4.78, 5) is 0. The molecule has 1 atom stereocenters. The third kappa shape index (κ3) is 11.7. The summed E-state index contributed by atoms with van der Waals surface area (Å²) in [5.74, 6) is 3.82. The molecule has 0 saturated heterocycles. The maximum absolute atomic E-state index is 5.84. The zero-order chi connectivity index (χ0) is 39.8. The van der Waals surface area contributed by atoms with Crippen LogP contribution in [0.15, 0.2) is 96.1 Å². The van der Waals surface area contributed by atoms with Crippen LogP contribution in [-0.2, 0) is 39.5 Å². The summed E-state index contributed by atoms with van der Waals surface area (Å²) in [6.07, 6.45) is 17.8.